The molecule has 0 aliphatic carbocycles. The van der Waals surface area contributed by atoms with Crippen molar-refractivity contribution in [2.75, 3.05) is 11.8 Å². The first-order valence-electron chi connectivity index (χ1n) is 5.56. The third-order valence-electron chi connectivity index (χ3n) is 2.40. The molecule has 0 fully saturated rings. The Balaban J connectivity index is 2.36. The van der Waals surface area contributed by atoms with Crippen LogP contribution >= 0.6 is 11.3 Å². The lowest BCUT2D eigenvalue weighted by molar-refractivity contribution is 0.282. The SMILES string of the molecule is COc1cc(C)nc(NS(=O)(=O)c2ccsc2CO)n1. The van der Waals surface area contributed by atoms with Crippen LogP contribution in [-0.4, -0.2) is 30.6 Å². The molecule has 2 rings (SSSR count). The molecule has 9 heteroatoms. The van der Waals surface area contributed by atoms with Crippen molar-refractivity contribution >= 4 is 27.3 Å². The van der Waals surface area contributed by atoms with E-state index in [4.69, 9.17) is 9.84 Å². The zero-order valence-corrected chi connectivity index (χ0v) is 12.5. The fourth-order valence-electron chi connectivity index (χ4n) is 1.55. The van der Waals surface area contributed by atoms with E-state index in [9.17, 15) is 8.42 Å². The van der Waals surface area contributed by atoms with E-state index in [0.29, 0.717) is 10.6 Å². The molecule has 0 radical (unpaired) electrons. The molecule has 0 bridgehead atoms. The third-order valence-corrected chi connectivity index (χ3v) is 4.85. The second kappa shape index (κ2) is 5.73. The molecule has 0 aliphatic rings. The van der Waals surface area contributed by atoms with Crippen LogP contribution in [0.4, 0.5) is 5.95 Å². The molecule has 2 aromatic heterocycles. The average Bonchev–Trinajstić information content (AvgIpc) is 2.86. The van der Waals surface area contributed by atoms with Crippen molar-refractivity contribution < 1.29 is 18.3 Å². The Labute approximate surface area is 120 Å². The summed E-state index contributed by atoms with van der Waals surface area (Å²) in [7, 11) is -2.40. The highest BCUT2D eigenvalue weighted by atomic mass is 32.2. The summed E-state index contributed by atoms with van der Waals surface area (Å²) in [5, 5.41) is 10.7. The number of hydrogen-bond donors (Lipinski definition) is 2. The average molecular weight is 315 g/mol. The summed E-state index contributed by atoms with van der Waals surface area (Å²) in [6, 6.07) is 3.01. The molecule has 0 aliphatic heterocycles. The van der Waals surface area contributed by atoms with Gasteiger partial charge in [0.15, 0.2) is 0 Å². The lowest BCUT2D eigenvalue weighted by Crippen LogP contribution is -2.16. The molecule has 20 heavy (non-hydrogen) atoms. The number of anilines is 1. The van der Waals surface area contributed by atoms with Gasteiger partial charge < -0.3 is 9.84 Å². The molecule has 0 saturated heterocycles. The summed E-state index contributed by atoms with van der Waals surface area (Å²) in [5.74, 6) is 0.194. The van der Waals surface area contributed by atoms with Gasteiger partial charge in [-0.3, -0.25) is 0 Å². The van der Waals surface area contributed by atoms with E-state index >= 15 is 0 Å². The number of thiophene rings is 1. The van der Waals surface area contributed by atoms with Gasteiger partial charge in [-0.1, -0.05) is 0 Å². The summed E-state index contributed by atoms with van der Waals surface area (Å²) in [5.41, 5.74) is 0.572. The summed E-state index contributed by atoms with van der Waals surface area (Å²) >= 11 is 1.16. The Morgan fingerprint density at radius 3 is 2.85 bits per heavy atom. The molecular formula is C11H13N3O4S2. The molecule has 0 amide bonds. The fraction of sp³-hybridized carbons (Fsp3) is 0.273. The number of ether oxygens (including phenoxy) is 1. The van der Waals surface area contributed by atoms with Crippen LogP contribution in [0.3, 0.4) is 0 Å². The van der Waals surface area contributed by atoms with E-state index in [1.807, 2.05) is 0 Å². The third kappa shape index (κ3) is 3.06. The number of methoxy groups -OCH3 is 1. The summed E-state index contributed by atoms with van der Waals surface area (Å²) < 4.78 is 31.7. The first-order valence-corrected chi connectivity index (χ1v) is 7.92. The van der Waals surface area contributed by atoms with E-state index < -0.39 is 10.0 Å². The maximum Gasteiger partial charge on any atom is 0.265 e. The van der Waals surface area contributed by atoms with E-state index in [0.717, 1.165) is 11.3 Å². The molecule has 2 heterocycles. The van der Waals surface area contributed by atoms with Crippen LogP contribution < -0.4 is 9.46 Å². The van der Waals surface area contributed by atoms with Gasteiger partial charge in [-0.25, -0.2) is 18.1 Å². The van der Waals surface area contributed by atoms with Crippen molar-refractivity contribution in [3.05, 3.63) is 28.1 Å². The van der Waals surface area contributed by atoms with Crippen molar-refractivity contribution in [1.82, 2.24) is 9.97 Å². The maximum atomic E-state index is 12.2. The second-order valence-electron chi connectivity index (χ2n) is 3.85. The first-order chi connectivity index (χ1) is 9.46. The largest absolute Gasteiger partial charge is 0.481 e. The van der Waals surface area contributed by atoms with E-state index in [1.165, 1.54) is 13.2 Å². The van der Waals surface area contributed by atoms with Crippen LogP contribution in [0.2, 0.25) is 0 Å². The Hall–Kier alpha value is -1.71. The first kappa shape index (κ1) is 14.7. The molecule has 0 saturated carbocycles. The van der Waals surface area contributed by atoms with Crippen molar-refractivity contribution in [3.8, 4) is 5.88 Å². The normalized spacial score (nSPS) is 11.3. The molecule has 0 spiro atoms. The molecule has 0 aromatic carbocycles. The minimum atomic E-state index is -3.83. The minimum absolute atomic E-state index is 0.0223. The molecule has 2 aromatic rings. The van der Waals surface area contributed by atoms with Crippen molar-refractivity contribution in [1.29, 1.82) is 0 Å². The number of rotatable bonds is 5. The topological polar surface area (TPSA) is 101 Å². The monoisotopic (exact) mass is 315 g/mol. The zero-order valence-electron chi connectivity index (χ0n) is 10.8. The van der Waals surface area contributed by atoms with Crippen LogP contribution in [0.5, 0.6) is 5.88 Å². The number of hydrogen-bond acceptors (Lipinski definition) is 7. The van der Waals surface area contributed by atoms with E-state index in [-0.39, 0.29) is 23.3 Å². The number of aromatic nitrogens is 2. The second-order valence-corrected chi connectivity index (χ2v) is 6.50. The van der Waals surface area contributed by atoms with Gasteiger partial charge in [-0.15, -0.1) is 11.3 Å². The van der Waals surface area contributed by atoms with Gasteiger partial charge in [0.05, 0.1) is 18.6 Å². The minimum Gasteiger partial charge on any atom is -0.481 e. The number of aryl methyl sites for hydroxylation is 1. The van der Waals surface area contributed by atoms with Crippen LogP contribution in [0.1, 0.15) is 10.6 Å². The van der Waals surface area contributed by atoms with Crippen LogP contribution in [0.25, 0.3) is 0 Å². The van der Waals surface area contributed by atoms with E-state index in [2.05, 4.69) is 14.7 Å². The quantitative estimate of drug-likeness (QED) is 0.858. The Bertz CT molecular complexity index is 712. The van der Waals surface area contributed by atoms with Crippen molar-refractivity contribution in [2.24, 2.45) is 0 Å². The number of sulfonamides is 1. The van der Waals surface area contributed by atoms with Gasteiger partial charge in [0.25, 0.3) is 10.0 Å². The standard InChI is InChI=1S/C11H13N3O4S2/c1-7-5-10(18-2)13-11(12-7)14-20(16,17)9-3-4-19-8(9)6-15/h3-5,15H,6H2,1-2H3,(H,12,13,14). The van der Waals surface area contributed by atoms with Gasteiger partial charge in [-0.2, -0.15) is 4.98 Å². The molecule has 7 nitrogen and oxygen atoms in total. The van der Waals surface area contributed by atoms with Gasteiger partial charge in [0.1, 0.15) is 4.90 Å². The van der Waals surface area contributed by atoms with Gasteiger partial charge in [-0.05, 0) is 18.4 Å². The highest BCUT2D eigenvalue weighted by molar-refractivity contribution is 7.92. The Kier molecular flexibility index (Phi) is 4.21. The summed E-state index contributed by atoms with van der Waals surface area (Å²) in [6.45, 7) is 1.36. The summed E-state index contributed by atoms with van der Waals surface area (Å²) in [6.07, 6.45) is 0. The van der Waals surface area contributed by atoms with Crippen LogP contribution in [0.15, 0.2) is 22.4 Å². The number of nitrogens with one attached hydrogen (secondary N) is 1. The Morgan fingerprint density at radius 2 is 2.20 bits per heavy atom. The molecule has 108 valence electrons. The lowest BCUT2D eigenvalue weighted by Gasteiger charge is -2.08. The predicted octanol–water partition coefficient (Wildman–Crippen LogP) is 1.15. The number of aliphatic hydroxyl groups is 1. The Morgan fingerprint density at radius 1 is 1.45 bits per heavy atom. The highest BCUT2D eigenvalue weighted by Gasteiger charge is 2.21. The lowest BCUT2D eigenvalue weighted by atomic mass is 10.4. The summed E-state index contributed by atoms with van der Waals surface area (Å²) in [4.78, 5) is 8.29. The smallest absolute Gasteiger partial charge is 0.265 e. The number of nitrogens with zero attached hydrogens (tertiary/aromatic N) is 2. The van der Waals surface area contributed by atoms with Gasteiger partial charge in [0.2, 0.25) is 11.8 Å². The molecule has 2 N–H and O–H groups in total. The van der Waals surface area contributed by atoms with Crippen LogP contribution in [0, 0.1) is 6.92 Å². The van der Waals surface area contributed by atoms with Crippen molar-refractivity contribution in [3.63, 3.8) is 0 Å². The molecule has 0 atom stereocenters. The van der Waals surface area contributed by atoms with E-state index in [1.54, 1.807) is 18.4 Å². The predicted molar refractivity (Wildman–Crippen MR) is 74.4 cm³/mol. The van der Waals surface area contributed by atoms with Crippen LogP contribution in [-0.2, 0) is 16.6 Å². The number of aliphatic hydroxyl groups excluding tert-OH is 1. The molecular weight excluding hydrogens is 302 g/mol. The van der Waals surface area contributed by atoms with Gasteiger partial charge in [0, 0.05) is 11.8 Å². The van der Waals surface area contributed by atoms with Gasteiger partial charge >= 0.3 is 0 Å². The molecule has 0 unspecified atom stereocenters. The fourth-order valence-corrected chi connectivity index (χ4v) is 3.79. The zero-order chi connectivity index (χ0) is 14.8. The maximum absolute atomic E-state index is 12.2. The van der Waals surface area contributed by atoms with Crippen molar-refractivity contribution in [2.45, 2.75) is 18.4 Å². The highest BCUT2D eigenvalue weighted by Crippen LogP contribution is 2.24.